The van der Waals surface area contributed by atoms with Crippen LogP contribution in [0.4, 0.5) is 0 Å². The topological polar surface area (TPSA) is 50.4 Å². The molecule has 2 aromatic carbocycles. The maximum atomic E-state index is 11.1. The summed E-state index contributed by atoms with van der Waals surface area (Å²) in [5.74, 6) is -0.989. The predicted molar refractivity (Wildman–Crippen MR) is 59.5 cm³/mol. The van der Waals surface area contributed by atoms with Crippen LogP contribution in [0.1, 0.15) is 10.4 Å². The minimum Gasteiger partial charge on any atom is -0.521 e. The van der Waals surface area contributed by atoms with Gasteiger partial charge in [0.05, 0.1) is 5.58 Å². The van der Waals surface area contributed by atoms with Gasteiger partial charge in [-0.15, -0.1) is 12.1 Å². The number of carboxylic acid groups (broad SMARTS) is 1. The van der Waals surface area contributed by atoms with Crippen LogP contribution < -0.4 is 18.9 Å². The van der Waals surface area contributed by atoms with Gasteiger partial charge < -0.3 is 14.3 Å². The second-order valence-corrected chi connectivity index (χ2v) is 3.50. The molecule has 0 aliphatic heterocycles. The smallest absolute Gasteiger partial charge is 0.521 e. The van der Waals surface area contributed by atoms with E-state index < -0.39 is 5.97 Å². The molecule has 0 aliphatic carbocycles. The number of benzene rings is 2. The van der Waals surface area contributed by atoms with E-state index in [1.807, 2.05) is 24.3 Å². The van der Waals surface area contributed by atoms with Crippen molar-refractivity contribution in [3.05, 3.63) is 48.0 Å². The largest absolute Gasteiger partial charge is 1.00 e. The third-order valence-corrected chi connectivity index (χ3v) is 2.55. The molecule has 0 fully saturated rings. The third kappa shape index (κ3) is 1.74. The van der Waals surface area contributed by atoms with Crippen LogP contribution in [0.2, 0.25) is 0 Å². The van der Waals surface area contributed by atoms with Crippen LogP contribution in [0.3, 0.4) is 0 Å². The Morgan fingerprint density at radius 2 is 1.94 bits per heavy atom. The molecule has 1 heterocycles. The molecule has 0 saturated carbocycles. The molecule has 17 heavy (non-hydrogen) atoms. The van der Waals surface area contributed by atoms with Crippen molar-refractivity contribution in [1.82, 2.24) is 0 Å². The number of aromatic carboxylic acids is 1. The van der Waals surface area contributed by atoms with Crippen LogP contribution in [-0.4, -0.2) is 11.1 Å². The summed E-state index contributed by atoms with van der Waals surface area (Å²) in [6.45, 7) is 0. The number of carbonyl (C=O) groups is 1. The van der Waals surface area contributed by atoms with E-state index in [0.717, 1.165) is 5.39 Å². The van der Waals surface area contributed by atoms with Crippen molar-refractivity contribution in [2.24, 2.45) is 0 Å². The van der Waals surface area contributed by atoms with Gasteiger partial charge in [-0.3, -0.25) is 0 Å². The molecule has 3 aromatic rings. The Morgan fingerprint density at radius 1 is 1.18 bits per heavy atom. The van der Waals surface area contributed by atoms with Crippen LogP contribution in [0.5, 0.6) is 0 Å². The molecule has 4 heteroatoms. The summed E-state index contributed by atoms with van der Waals surface area (Å²) in [4.78, 5) is 11.1. The minimum atomic E-state index is -0.989. The van der Waals surface area contributed by atoms with Crippen molar-refractivity contribution in [3.8, 4) is 0 Å². The van der Waals surface area contributed by atoms with Gasteiger partial charge in [0.2, 0.25) is 5.97 Å². The molecule has 0 spiro atoms. The summed E-state index contributed by atoms with van der Waals surface area (Å²) in [5.41, 5.74) is 1.43. The zero-order chi connectivity index (χ0) is 11.1. The van der Waals surface area contributed by atoms with Gasteiger partial charge in [0.15, 0.2) is 0 Å². The van der Waals surface area contributed by atoms with Crippen molar-refractivity contribution in [1.29, 1.82) is 0 Å². The summed E-state index contributed by atoms with van der Waals surface area (Å²) in [7, 11) is 0. The maximum Gasteiger partial charge on any atom is 1.00 e. The van der Waals surface area contributed by atoms with E-state index in [2.05, 4.69) is 6.07 Å². The van der Waals surface area contributed by atoms with E-state index in [1.54, 1.807) is 12.1 Å². The molecule has 0 atom stereocenters. The fourth-order valence-electron chi connectivity index (χ4n) is 1.88. The van der Waals surface area contributed by atoms with Crippen molar-refractivity contribution < 1.29 is 33.2 Å². The standard InChI is InChI=1S/C13H7O3.Li/c14-13(15)9-5-3-7-11-12(9)8-4-1-2-6-10(8)16-11;/h1-4,6-7H,(H,14,15);/q-1;+1. The summed E-state index contributed by atoms with van der Waals surface area (Å²) in [6, 6.07) is 13.4. The van der Waals surface area contributed by atoms with Crippen LogP contribution >= 0.6 is 0 Å². The fourth-order valence-corrected chi connectivity index (χ4v) is 1.88. The molecule has 1 aromatic heterocycles. The van der Waals surface area contributed by atoms with Gasteiger partial charge in [-0.2, -0.15) is 0 Å². The monoisotopic (exact) mass is 218 g/mol. The van der Waals surface area contributed by atoms with Crippen LogP contribution in [0, 0.1) is 6.07 Å². The van der Waals surface area contributed by atoms with Gasteiger partial charge in [-0.05, 0) is 16.8 Å². The van der Waals surface area contributed by atoms with E-state index in [-0.39, 0.29) is 24.4 Å². The zero-order valence-corrected chi connectivity index (χ0v) is 9.23. The number of para-hydroxylation sites is 1. The number of hydrogen-bond donors (Lipinski definition) is 1. The summed E-state index contributed by atoms with van der Waals surface area (Å²) in [5, 5.41) is 10.5. The summed E-state index contributed by atoms with van der Waals surface area (Å²) in [6.07, 6.45) is 0. The average Bonchev–Trinajstić information content (AvgIpc) is 2.66. The molecule has 1 N–H and O–H groups in total. The quantitative estimate of drug-likeness (QED) is 0.465. The number of carboxylic acids is 1. The first kappa shape index (κ1) is 11.8. The van der Waals surface area contributed by atoms with Gasteiger partial charge in [-0.1, -0.05) is 29.8 Å². The van der Waals surface area contributed by atoms with Crippen LogP contribution in [0.25, 0.3) is 21.9 Å². The Labute approximate surface area is 109 Å². The summed E-state index contributed by atoms with van der Waals surface area (Å²) >= 11 is 0. The first-order valence-electron chi connectivity index (χ1n) is 4.82. The van der Waals surface area contributed by atoms with Gasteiger partial charge in [-0.25, -0.2) is 0 Å². The second-order valence-electron chi connectivity index (χ2n) is 3.50. The molecule has 3 rings (SSSR count). The van der Waals surface area contributed by atoms with Crippen LogP contribution in [-0.2, 0) is 0 Å². The average molecular weight is 218 g/mol. The minimum absolute atomic E-state index is 0. The van der Waals surface area contributed by atoms with Gasteiger partial charge in [0, 0.05) is 0 Å². The molecule has 3 nitrogen and oxygen atoms in total. The van der Waals surface area contributed by atoms with E-state index in [0.29, 0.717) is 16.6 Å². The van der Waals surface area contributed by atoms with Gasteiger partial charge >= 0.3 is 18.9 Å². The maximum absolute atomic E-state index is 11.1. The Hall–Kier alpha value is -1.69. The summed E-state index contributed by atoms with van der Waals surface area (Å²) < 4.78 is 5.56. The Morgan fingerprint density at radius 3 is 2.71 bits per heavy atom. The molecule has 78 valence electrons. The van der Waals surface area contributed by atoms with Gasteiger partial charge in [0.1, 0.15) is 5.58 Å². The normalized spacial score (nSPS) is 10.4. The van der Waals surface area contributed by atoms with Crippen molar-refractivity contribution in [2.45, 2.75) is 0 Å². The molecule has 0 unspecified atom stereocenters. The number of hydrogen-bond acceptors (Lipinski definition) is 2. The first-order valence-corrected chi connectivity index (χ1v) is 4.82. The van der Waals surface area contributed by atoms with E-state index >= 15 is 0 Å². The molecule has 0 aliphatic rings. The first-order chi connectivity index (χ1) is 7.77. The van der Waals surface area contributed by atoms with Gasteiger partial charge in [0.25, 0.3) is 0 Å². The SMILES string of the molecule is O=C(O)c1[c-]ccc2oc3ccccc3c12.[Li+]. The fraction of sp³-hybridized carbons (Fsp3) is 0. The number of furan rings is 1. The Bertz CT molecular complexity index is 700. The van der Waals surface area contributed by atoms with E-state index in [4.69, 9.17) is 9.52 Å². The molecular weight excluding hydrogens is 211 g/mol. The molecule has 0 radical (unpaired) electrons. The number of rotatable bonds is 1. The molecule has 0 amide bonds. The molecule has 0 saturated heterocycles. The van der Waals surface area contributed by atoms with Crippen molar-refractivity contribution in [2.75, 3.05) is 0 Å². The van der Waals surface area contributed by atoms with E-state index in [9.17, 15) is 4.79 Å². The Balaban J connectivity index is 0.00000108. The predicted octanol–water partition coefficient (Wildman–Crippen LogP) is 0.0884. The third-order valence-electron chi connectivity index (χ3n) is 2.55. The van der Waals surface area contributed by atoms with Crippen LogP contribution in [0.15, 0.2) is 40.8 Å². The number of fused-ring (bicyclic) bond motifs is 3. The van der Waals surface area contributed by atoms with Crippen molar-refractivity contribution >= 4 is 27.9 Å². The molecule has 0 bridgehead atoms. The van der Waals surface area contributed by atoms with Crippen molar-refractivity contribution in [3.63, 3.8) is 0 Å². The second kappa shape index (κ2) is 4.29. The Kier molecular flexibility index (Phi) is 2.97. The zero-order valence-electron chi connectivity index (χ0n) is 9.23. The molecular formula is C13H7LiO3. The van der Waals surface area contributed by atoms with E-state index in [1.165, 1.54) is 0 Å².